The predicted molar refractivity (Wildman–Crippen MR) is 105 cm³/mol. The van der Waals surface area contributed by atoms with Gasteiger partial charge in [0.15, 0.2) is 5.82 Å². The number of ether oxygens (including phenoxy) is 2. The van der Waals surface area contributed by atoms with Gasteiger partial charge in [-0.3, -0.25) is 4.79 Å². The number of fused-ring (bicyclic) bond motifs is 2. The predicted octanol–water partition coefficient (Wildman–Crippen LogP) is 3.42. The number of hydrogen-bond donors (Lipinski definition) is 0. The molecule has 0 radical (unpaired) electrons. The monoisotopic (exact) mass is 413 g/mol. The van der Waals surface area contributed by atoms with Crippen LogP contribution in [0.5, 0.6) is 0 Å². The maximum Gasteiger partial charge on any atom is 0.265 e. The van der Waals surface area contributed by atoms with Crippen molar-refractivity contribution in [2.24, 2.45) is 5.92 Å². The smallest absolute Gasteiger partial charge is 0.265 e. The molecular formula is C22H21F2N3O3. The Kier molecular flexibility index (Phi) is 5.04. The lowest BCUT2D eigenvalue weighted by Gasteiger charge is -2.13. The van der Waals surface area contributed by atoms with Crippen molar-refractivity contribution in [2.75, 3.05) is 13.2 Å². The Morgan fingerprint density at radius 1 is 1.13 bits per heavy atom. The van der Waals surface area contributed by atoms with Crippen LogP contribution in [-0.4, -0.2) is 27.6 Å². The maximum absolute atomic E-state index is 14.6. The van der Waals surface area contributed by atoms with Gasteiger partial charge in [-0.05, 0) is 43.7 Å². The molecule has 1 unspecified atom stereocenters. The summed E-state index contributed by atoms with van der Waals surface area (Å²) >= 11 is 0. The third kappa shape index (κ3) is 3.50. The third-order valence-electron chi connectivity index (χ3n) is 5.77. The van der Waals surface area contributed by atoms with E-state index in [2.05, 4.69) is 9.97 Å². The highest BCUT2D eigenvalue weighted by atomic mass is 19.1. The average molecular weight is 413 g/mol. The van der Waals surface area contributed by atoms with Crippen molar-refractivity contribution < 1.29 is 18.3 Å². The summed E-state index contributed by atoms with van der Waals surface area (Å²) in [4.78, 5) is 22.3. The molecule has 4 heterocycles. The van der Waals surface area contributed by atoms with Crippen molar-refractivity contribution in [2.45, 2.75) is 38.9 Å². The molecule has 0 amide bonds. The van der Waals surface area contributed by atoms with Gasteiger partial charge in [-0.1, -0.05) is 0 Å². The van der Waals surface area contributed by atoms with E-state index in [-0.39, 0.29) is 30.2 Å². The summed E-state index contributed by atoms with van der Waals surface area (Å²) in [5.41, 5.74) is 1.91. The van der Waals surface area contributed by atoms with E-state index in [1.165, 1.54) is 10.5 Å². The Labute approximate surface area is 171 Å². The highest BCUT2D eigenvalue weighted by molar-refractivity contribution is 5.61. The number of hydrogen-bond acceptors (Lipinski definition) is 5. The first-order valence-electron chi connectivity index (χ1n) is 10.2. The van der Waals surface area contributed by atoms with E-state index in [0.717, 1.165) is 50.3 Å². The third-order valence-corrected chi connectivity index (χ3v) is 5.77. The van der Waals surface area contributed by atoms with Crippen molar-refractivity contribution in [3.63, 3.8) is 0 Å². The van der Waals surface area contributed by atoms with Gasteiger partial charge in [-0.15, -0.1) is 0 Å². The summed E-state index contributed by atoms with van der Waals surface area (Å²) in [6, 6.07) is 5.04. The van der Waals surface area contributed by atoms with Gasteiger partial charge in [0, 0.05) is 31.0 Å². The molecule has 0 N–H and O–H groups in total. The second-order valence-corrected chi connectivity index (χ2v) is 7.85. The quantitative estimate of drug-likeness (QED) is 0.641. The van der Waals surface area contributed by atoms with E-state index in [1.807, 2.05) is 0 Å². The molecule has 1 atom stereocenters. The standard InChI is InChI=1S/C22H21F2N3O3/c23-14-4-5-16(18(24)8-14)21-25-15(3-1-2-13-6-7-29-10-13)9-20-26-19-12-30-11-17(19)22(28)27(20)21/h4-5,8-9,13H,1-3,6-7,10-12H2. The Morgan fingerprint density at radius 3 is 2.83 bits per heavy atom. The maximum atomic E-state index is 14.6. The molecule has 8 heteroatoms. The molecule has 0 spiro atoms. The lowest BCUT2D eigenvalue weighted by atomic mass is 10.0. The van der Waals surface area contributed by atoms with Crippen LogP contribution < -0.4 is 5.56 Å². The highest BCUT2D eigenvalue weighted by Crippen LogP contribution is 2.25. The first-order chi connectivity index (χ1) is 14.6. The molecule has 30 heavy (non-hydrogen) atoms. The number of benzene rings is 1. The Hall–Kier alpha value is -2.71. The van der Waals surface area contributed by atoms with Crippen LogP contribution in [0, 0.1) is 17.6 Å². The second-order valence-electron chi connectivity index (χ2n) is 7.85. The van der Waals surface area contributed by atoms with E-state index in [4.69, 9.17) is 9.47 Å². The summed E-state index contributed by atoms with van der Waals surface area (Å²) in [5.74, 6) is -0.764. The molecule has 2 aliphatic heterocycles. The van der Waals surface area contributed by atoms with Crippen LogP contribution in [0.15, 0.2) is 29.1 Å². The fourth-order valence-corrected chi connectivity index (χ4v) is 4.16. The fourth-order valence-electron chi connectivity index (χ4n) is 4.16. The Balaban J connectivity index is 1.60. The number of aromatic nitrogens is 3. The summed E-state index contributed by atoms with van der Waals surface area (Å²) in [5, 5.41) is 0. The molecule has 0 saturated carbocycles. The molecule has 1 fully saturated rings. The van der Waals surface area contributed by atoms with Gasteiger partial charge in [0.25, 0.3) is 5.56 Å². The molecular weight excluding hydrogens is 392 g/mol. The molecule has 0 aliphatic carbocycles. The van der Waals surface area contributed by atoms with Gasteiger partial charge in [0.05, 0.1) is 30.0 Å². The van der Waals surface area contributed by atoms with E-state index in [9.17, 15) is 13.6 Å². The summed E-state index contributed by atoms with van der Waals surface area (Å²) in [6.07, 6.45) is 3.67. The molecule has 1 saturated heterocycles. The highest BCUT2D eigenvalue weighted by Gasteiger charge is 2.23. The van der Waals surface area contributed by atoms with Crippen LogP contribution in [0.1, 0.15) is 36.2 Å². The lowest BCUT2D eigenvalue weighted by Crippen LogP contribution is -2.23. The van der Waals surface area contributed by atoms with Crippen molar-refractivity contribution in [1.82, 2.24) is 14.4 Å². The van der Waals surface area contributed by atoms with Crippen molar-refractivity contribution in [3.05, 3.63) is 63.2 Å². The van der Waals surface area contributed by atoms with Crippen LogP contribution in [0.25, 0.3) is 17.0 Å². The minimum absolute atomic E-state index is 0.0650. The summed E-state index contributed by atoms with van der Waals surface area (Å²) in [7, 11) is 0. The minimum Gasteiger partial charge on any atom is -0.381 e. The topological polar surface area (TPSA) is 65.7 Å². The molecule has 1 aromatic carbocycles. The summed E-state index contributed by atoms with van der Waals surface area (Å²) < 4.78 is 40.2. The zero-order chi connectivity index (χ0) is 20.7. The van der Waals surface area contributed by atoms with Gasteiger partial charge in [-0.2, -0.15) is 0 Å². The van der Waals surface area contributed by atoms with Crippen molar-refractivity contribution in [1.29, 1.82) is 0 Å². The van der Waals surface area contributed by atoms with Crippen LogP contribution in [-0.2, 0) is 29.1 Å². The molecule has 0 bridgehead atoms. The van der Waals surface area contributed by atoms with Crippen LogP contribution in [0.4, 0.5) is 8.78 Å². The average Bonchev–Trinajstić information content (AvgIpc) is 3.39. The minimum atomic E-state index is -0.771. The summed E-state index contributed by atoms with van der Waals surface area (Å²) in [6.45, 7) is 2.05. The Morgan fingerprint density at radius 2 is 2.03 bits per heavy atom. The van der Waals surface area contributed by atoms with E-state index in [0.29, 0.717) is 29.2 Å². The molecule has 2 aromatic heterocycles. The molecule has 3 aromatic rings. The number of rotatable bonds is 5. The number of aryl methyl sites for hydroxylation is 1. The molecule has 2 aliphatic rings. The SMILES string of the molecule is O=c1c2c(nc3cc(CCCC4CCOC4)nc(-c4ccc(F)cc4F)n13)COC2. The van der Waals surface area contributed by atoms with Gasteiger partial charge < -0.3 is 9.47 Å². The second kappa shape index (κ2) is 7.85. The van der Waals surface area contributed by atoms with Gasteiger partial charge in [0.2, 0.25) is 0 Å². The normalized spacial score (nSPS) is 18.3. The van der Waals surface area contributed by atoms with E-state index < -0.39 is 11.6 Å². The molecule has 5 rings (SSSR count). The first kappa shape index (κ1) is 19.3. The van der Waals surface area contributed by atoms with Crippen LogP contribution in [0.2, 0.25) is 0 Å². The largest absolute Gasteiger partial charge is 0.381 e. The zero-order valence-electron chi connectivity index (χ0n) is 16.4. The lowest BCUT2D eigenvalue weighted by molar-refractivity contribution is 0.133. The van der Waals surface area contributed by atoms with Crippen molar-refractivity contribution >= 4 is 5.65 Å². The van der Waals surface area contributed by atoms with Gasteiger partial charge in [-0.25, -0.2) is 23.1 Å². The first-order valence-corrected chi connectivity index (χ1v) is 10.2. The fraction of sp³-hybridized carbons (Fsp3) is 0.409. The van der Waals surface area contributed by atoms with Crippen LogP contribution >= 0.6 is 0 Å². The zero-order valence-corrected chi connectivity index (χ0v) is 16.4. The molecule has 156 valence electrons. The number of nitrogens with zero attached hydrogens (tertiary/aromatic N) is 3. The van der Waals surface area contributed by atoms with E-state index >= 15 is 0 Å². The number of halogens is 2. The Bertz CT molecular complexity index is 1170. The van der Waals surface area contributed by atoms with E-state index in [1.54, 1.807) is 6.07 Å². The van der Waals surface area contributed by atoms with Crippen molar-refractivity contribution in [3.8, 4) is 11.4 Å². The molecule has 6 nitrogen and oxygen atoms in total. The van der Waals surface area contributed by atoms with Gasteiger partial charge >= 0.3 is 0 Å². The van der Waals surface area contributed by atoms with Gasteiger partial charge in [0.1, 0.15) is 17.3 Å². The van der Waals surface area contributed by atoms with Crippen LogP contribution in [0.3, 0.4) is 0 Å².